The van der Waals surface area contributed by atoms with Crippen LogP contribution in [0.15, 0.2) is 9.95 Å². The van der Waals surface area contributed by atoms with Crippen molar-refractivity contribution in [3.05, 3.63) is 10.5 Å². The van der Waals surface area contributed by atoms with Gasteiger partial charge in [0.25, 0.3) is 0 Å². The summed E-state index contributed by atoms with van der Waals surface area (Å²) in [6, 6.07) is 0. The normalized spacial score (nSPS) is 10.8. The van der Waals surface area contributed by atoms with Crippen LogP contribution in [-0.2, 0) is 11.8 Å². The molecular weight excluding hydrogens is 240 g/mol. The maximum atomic E-state index is 11.5. The molecule has 6 nitrogen and oxygen atoms in total. The Labute approximate surface area is 104 Å². The van der Waals surface area contributed by atoms with Gasteiger partial charge < -0.3 is 5.32 Å². The Balaban J connectivity index is 2.29. The van der Waals surface area contributed by atoms with Gasteiger partial charge >= 0.3 is 5.69 Å². The minimum atomic E-state index is -0.271. The number of amides is 1. The zero-order valence-corrected chi connectivity index (χ0v) is 11.1. The molecule has 1 rings (SSSR count). The van der Waals surface area contributed by atoms with Crippen LogP contribution < -0.4 is 11.0 Å². The van der Waals surface area contributed by atoms with Crippen molar-refractivity contribution in [1.82, 2.24) is 20.1 Å². The highest BCUT2D eigenvalue weighted by Crippen LogP contribution is 2.10. The maximum Gasteiger partial charge on any atom is 0.343 e. The summed E-state index contributed by atoms with van der Waals surface area (Å²) in [4.78, 5) is 22.5. The Bertz CT molecular complexity index is 424. The molecule has 1 heterocycles. The van der Waals surface area contributed by atoms with Crippen LogP contribution in [0.1, 0.15) is 20.3 Å². The second-order valence-corrected chi connectivity index (χ2v) is 5.13. The van der Waals surface area contributed by atoms with Gasteiger partial charge in [0.05, 0.1) is 5.75 Å². The van der Waals surface area contributed by atoms with Crippen LogP contribution in [0.3, 0.4) is 0 Å². The fourth-order valence-electron chi connectivity index (χ4n) is 1.14. The number of nitrogens with one attached hydrogen (secondary N) is 2. The number of hydrogen-bond donors (Lipinski definition) is 2. The summed E-state index contributed by atoms with van der Waals surface area (Å²) in [6.07, 6.45) is 0.970. The number of carbonyl (C=O) groups is 1. The number of H-pyrrole nitrogens is 1. The van der Waals surface area contributed by atoms with E-state index >= 15 is 0 Å². The van der Waals surface area contributed by atoms with Crippen molar-refractivity contribution in [2.45, 2.75) is 25.4 Å². The van der Waals surface area contributed by atoms with Crippen LogP contribution in [0, 0.1) is 5.92 Å². The summed E-state index contributed by atoms with van der Waals surface area (Å²) in [5.74, 6) is 0.817. The van der Waals surface area contributed by atoms with Crippen molar-refractivity contribution >= 4 is 17.7 Å². The van der Waals surface area contributed by atoms with E-state index in [4.69, 9.17) is 0 Å². The summed E-state index contributed by atoms with van der Waals surface area (Å²) in [5, 5.41) is 9.48. The number of thioether (sulfide) groups is 1. The number of aromatic nitrogens is 3. The molecular formula is C10H18N4O2S. The zero-order valence-electron chi connectivity index (χ0n) is 10.3. The van der Waals surface area contributed by atoms with Crippen LogP contribution in [0.4, 0.5) is 0 Å². The van der Waals surface area contributed by atoms with E-state index in [1.165, 1.54) is 16.3 Å². The molecule has 0 unspecified atom stereocenters. The minimum absolute atomic E-state index is 0.0360. The average molecular weight is 258 g/mol. The van der Waals surface area contributed by atoms with Crippen molar-refractivity contribution in [2.24, 2.45) is 13.0 Å². The van der Waals surface area contributed by atoms with Crippen LogP contribution in [0.2, 0.25) is 0 Å². The first-order valence-electron chi connectivity index (χ1n) is 5.51. The summed E-state index contributed by atoms with van der Waals surface area (Å²) in [6.45, 7) is 4.91. The van der Waals surface area contributed by atoms with Gasteiger partial charge in [-0.3, -0.25) is 9.36 Å². The minimum Gasteiger partial charge on any atom is -0.355 e. The van der Waals surface area contributed by atoms with E-state index in [0.717, 1.165) is 6.42 Å². The van der Waals surface area contributed by atoms with Crippen molar-refractivity contribution in [1.29, 1.82) is 0 Å². The number of aromatic amines is 1. The second kappa shape index (κ2) is 6.48. The predicted molar refractivity (Wildman–Crippen MR) is 67.0 cm³/mol. The molecule has 0 fully saturated rings. The molecule has 17 heavy (non-hydrogen) atoms. The first kappa shape index (κ1) is 13.8. The number of carbonyl (C=O) groups excluding carboxylic acids is 1. The van der Waals surface area contributed by atoms with E-state index in [0.29, 0.717) is 17.6 Å². The Morgan fingerprint density at radius 2 is 2.29 bits per heavy atom. The topological polar surface area (TPSA) is 79.8 Å². The molecule has 0 saturated carbocycles. The maximum absolute atomic E-state index is 11.5. The van der Waals surface area contributed by atoms with Crippen LogP contribution >= 0.6 is 11.8 Å². The highest BCUT2D eigenvalue weighted by atomic mass is 32.2. The molecule has 0 aliphatic heterocycles. The molecule has 0 bridgehead atoms. The fourth-order valence-corrected chi connectivity index (χ4v) is 1.89. The van der Waals surface area contributed by atoms with Crippen molar-refractivity contribution in [3.63, 3.8) is 0 Å². The van der Waals surface area contributed by atoms with Crippen LogP contribution in [0.5, 0.6) is 0 Å². The molecule has 0 aliphatic carbocycles. The first-order chi connectivity index (χ1) is 8.00. The first-order valence-corrected chi connectivity index (χ1v) is 6.50. The average Bonchev–Trinajstić information content (AvgIpc) is 2.57. The van der Waals surface area contributed by atoms with Crippen LogP contribution in [-0.4, -0.2) is 33.0 Å². The third-order valence-electron chi connectivity index (χ3n) is 2.21. The van der Waals surface area contributed by atoms with E-state index in [2.05, 4.69) is 29.4 Å². The number of hydrogen-bond acceptors (Lipinski definition) is 4. The third kappa shape index (κ3) is 4.64. The molecule has 2 N–H and O–H groups in total. The Morgan fingerprint density at radius 1 is 1.59 bits per heavy atom. The van der Waals surface area contributed by atoms with Gasteiger partial charge in [0, 0.05) is 13.6 Å². The lowest BCUT2D eigenvalue weighted by Crippen LogP contribution is -2.27. The van der Waals surface area contributed by atoms with Gasteiger partial charge in [-0.25, -0.2) is 9.89 Å². The highest BCUT2D eigenvalue weighted by molar-refractivity contribution is 7.99. The molecule has 96 valence electrons. The van der Waals surface area contributed by atoms with Gasteiger partial charge in [-0.05, 0) is 12.3 Å². The summed E-state index contributed by atoms with van der Waals surface area (Å²) in [5.41, 5.74) is -0.271. The van der Waals surface area contributed by atoms with Gasteiger partial charge in [0.1, 0.15) is 0 Å². The standard InChI is InChI=1S/C10H18N4O2S/c1-7(2)4-5-11-8(15)6-17-10-13-12-9(16)14(10)3/h7H,4-6H2,1-3H3,(H,11,15)(H,12,16). The quantitative estimate of drug-likeness (QED) is 0.722. The molecule has 0 spiro atoms. The van der Waals surface area contributed by atoms with E-state index in [-0.39, 0.29) is 17.3 Å². The smallest absolute Gasteiger partial charge is 0.343 e. The second-order valence-electron chi connectivity index (χ2n) is 4.19. The molecule has 0 aliphatic rings. The zero-order chi connectivity index (χ0) is 12.8. The van der Waals surface area contributed by atoms with Crippen molar-refractivity contribution in [3.8, 4) is 0 Å². The van der Waals surface area contributed by atoms with E-state index < -0.39 is 0 Å². The Morgan fingerprint density at radius 3 is 2.82 bits per heavy atom. The highest BCUT2D eigenvalue weighted by Gasteiger charge is 2.08. The Kier molecular flexibility index (Phi) is 5.27. The molecule has 1 aromatic heterocycles. The van der Waals surface area contributed by atoms with Gasteiger partial charge in [-0.1, -0.05) is 25.6 Å². The summed E-state index contributed by atoms with van der Waals surface area (Å²) in [7, 11) is 1.62. The summed E-state index contributed by atoms with van der Waals surface area (Å²) < 4.78 is 1.38. The van der Waals surface area contributed by atoms with Gasteiger partial charge in [-0.2, -0.15) is 0 Å². The van der Waals surface area contributed by atoms with Gasteiger partial charge in [-0.15, -0.1) is 5.10 Å². The molecule has 7 heteroatoms. The Hall–Kier alpha value is -1.24. The van der Waals surface area contributed by atoms with Crippen LogP contribution in [0.25, 0.3) is 0 Å². The monoisotopic (exact) mass is 258 g/mol. The molecule has 0 atom stereocenters. The van der Waals surface area contributed by atoms with E-state index in [9.17, 15) is 9.59 Å². The lowest BCUT2D eigenvalue weighted by Gasteiger charge is -2.06. The third-order valence-corrected chi connectivity index (χ3v) is 3.24. The number of rotatable bonds is 6. The van der Waals surface area contributed by atoms with Crippen molar-refractivity contribution < 1.29 is 4.79 Å². The largest absolute Gasteiger partial charge is 0.355 e. The molecule has 0 saturated heterocycles. The lowest BCUT2D eigenvalue weighted by atomic mass is 10.1. The van der Waals surface area contributed by atoms with Gasteiger partial charge in [0.15, 0.2) is 5.16 Å². The predicted octanol–water partition coefficient (Wildman–Crippen LogP) is 0.363. The van der Waals surface area contributed by atoms with Crippen molar-refractivity contribution in [2.75, 3.05) is 12.3 Å². The molecule has 1 aromatic rings. The fraction of sp³-hybridized carbons (Fsp3) is 0.700. The van der Waals surface area contributed by atoms with E-state index in [1.807, 2.05) is 0 Å². The van der Waals surface area contributed by atoms with Gasteiger partial charge in [0.2, 0.25) is 5.91 Å². The summed E-state index contributed by atoms with van der Waals surface area (Å²) >= 11 is 1.24. The molecule has 0 radical (unpaired) electrons. The van der Waals surface area contributed by atoms with E-state index in [1.54, 1.807) is 7.05 Å². The molecule has 0 aromatic carbocycles. The molecule has 1 amide bonds. The SMILES string of the molecule is CC(C)CCNC(=O)CSc1n[nH]c(=O)n1C. The number of nitrogens with zero attached hydrogens (tertiary/aromatic N) is 2. The lowest BCUT2D eigenvalue weighted by molar-refractivity contribution is -0.118.